The summed E-state index contributed by atoms with van der Waals surface area (Å²) in [5.41, 5.74) is 2.17. The molecule has 0 radical (unpaired) electrons. The standard InChI is InChI=1S/C30H32ClN7O6/c1-30(2,3)44-29(41)33-22(25(40)42-4)15-18-16-38(23-8-6-5-7-21(18)23)28-35-26(31)34-27(36-28)32-19-9-11-20(12-10-19)37-13-14-43-17-24(37)39/h5-12,16,22H,13-15,17H2,1-4H3,(H,33,41)(H,32,34,35,36)/t22-/m0/s1. The molecule has 2 amide bonds. The average Bonchev–Trinajstić information content (AvgIpc) is 3.34. The van der Waals surface area contributed by atoms with Gasteiger partial charge in [-0.1, -0.05) is 18.2 Å². The highest BCUT2D eigenvalue weighted by Crippen LogP contribution is 2.27. The number of methoxy groups -OCH3 is 1. The summed E-state index contributed by atoms with van der Waals surface area (Å²) in [5.74, 6) is -0.275. The molecule has 1 aliphatic heterocycles. The van der Waals surface area contributed by atoms with Crippen LogP contribution in [0.4, 0.5) is 22.1 Å². The number of carbonyl (C=O) groups is 3. The predicted octanol–water partition coefficient (Wildman–Crippen LogP) is 4.18. The lowest BCUT2D eigenvalue weighted by Crippen LogP contribution is -2.45. The van der Waals surface area contributed by atoms with E-state index in [0.29, 0.717) is 18.8 Å². The minimum Gasteiger partial charge on any atom is -0.467 e. The second-order valence-electron chi connectivity index (χ2n) is 11.0. The molecule has 0 bridgehead atoms. The molecule has 13 nitrogen and oxygen atoms in total. The van der Waals surface area contributed by atoms with Crippen molar-refractivity contribution in [3.05, 3.63) is 65.6 Å². The summed E-state index contributed by atoms with van der Waals surface area (Å²) in [6.45, 7) is 6.24. The van der Waals surface area contributed by atoms with Crippen LogP contribution in [0.3, 0.4) is 0 Å². The van der Waals surface area contributed by atoms with Crippen molar-refractivity contribution >= 4 is 57.8 Å². The minimum absolute atomic E-state index is 0.0357. The summed E-state index contributed by atoms with van der Waals surface area (Å²) < 4.78 is 17.2. The number of nitrogens with zero attached hydrogens (tertiary/aromatic N) is 5. The zero-order valence-corrected chi connectivity index (χ0v) is 25.4. The van der Waals surface area contributed by atoms with Gasteiger partial charge in [0.05, 0.1) is 19.2 Å². The second-order valence-corrected chi connectivity index (χ2v) is 11.3. The molecule has 14 heteroatoms. The van der Waals surface area contributed by atoms with E-state index in [1.54, 1.807) is 36.4 Å². The van der Waals surface area contributed by atoms with Crippen molar-refractivity contribution in [2.45, 2.75) is 38.8 Å². The minimum atomic E-state index is -1.01. The number of benzene rings is 2. The van der Waals surface area contributed by atoms with E-state index in [2.05, 4.69) is 25.6 Å². The van der Waals surface area contributed by atoms with Crippen LogP contribution in [0, 0.1) is 0 Å². The Morgan fingerprint density at radius 1 is 1.09 bits per heavy atom. The zero-order chi connectivity index (χ0) is 31.4. The van der Waals surface area contributed by atoms with Crippen LogP contribution in [-0.2, 0) is 30.2 Å². The molecule has 0 spiro atoms. The van der Waals surface area contributed by atoms with Crippen LogP contribution in [0.15, 0.2) is 54.7 Å². The van der Waals surface area contributed by atoms with E-state index in [-0.39, 0.29) is 36.1 Å². The van der Waals surface area contributed by atoms with Gasteiger partial charge in [0.1, 0.15) is 18.2 Å². The zero-order valence-electron chi connectivity index (χ0n) is 24.7. The third-order valence-corrected chi connectivity index (χ3v) is 6.80. The number of alkyl carbamates (subject to hydrolysis) is 1. The van der Waals surface area contributed by atoms with Gasteiger partial charge in [0.25, 0.3) is 5.91 Å². The number of nitrogens with one attached hydrogen (secondary N) is 2. The third-order valence-electron chi connectivity index (χ3n) is 6.63. The molecule has 2 aromatic heterocycles. The van der Waals surface area contributed by atoms with Crippen molar-refractivity contribution in [1.82, 2.24) is 24.8 Å². The Bertz CT molecular complexity index is 1690. The number of halogens is 1. The first-order valence-electron chi connectivity index (χ1n) is 13.8. The van der Waals surface area contributed by atoms with Crippen LogP contribution in [0.2, 0.25) is 5.28 Å². The maximum absolute atomic E-state index is 12.6. The first kappa shape index (κ1) is 30.7. The van der Waals surface area contributed by atoms with E-state index in [1.165, 1.54) is 7.11 Å². The number of aromatic nitrogens is 4. The number of amides is 2. The summed E-state index contributed by atoms with van der Waals surface area (Å²) in [6.07, 6.45) is 1.16. The van der Waals surface area contributed by atoms with Crippen molar-refractivity contribution < 1.29 is 28.6 Å². The molecule has 5 rings (SSSR count). The molecule has 1 fully saturated rings. The maximum atomic E-state index is 12.6. The van der Waals surface area contributed by atoms with E-state index in [4.69, 9.17) is 25.8 Å². The lowest BCUT2D eigenvalue weighted by atomic mass is 10.1. The van der Waals surface area contributed by atoms with Crippen molar-refractivity contribution in [3.8, 4) is 5.95 Å². The van der Waals surface area contributed by atoms with Gasteiger partial charge in [-0.3, -0.25) is 9.36 Å². The van der Waals surface area contributed by atoms with Crippen LogP contribution in [0.5, 0.6) is 0 Å². The molecular weight excluding hydrogens is 590 g/mol. The molecular formula is C30H32ClN7O6. The summed E-state index contributed by atoms with van der Waals surface area (Å²) in [5, 5.41) is 6.53. The topological polar surface area (TPSA) is 150 Å². The first-order valence-corrected chi connectivity index (χ1v) is 14.2. The fourth-order valence-corrected chi connectivity index (χ4v) is 4.89. The van der Waals surface area contributed by atoms with Gasteiger partial charge in [0.2, 0.25) is 17.2 Å². The lowest BCUT2D eigenvalue weighted by Gasteiger charge is -2.26. The quantitative estimate of drug-likeness (QED) is 0.274. The fraction of sp³-hybridized carbons (Fsp3) is 0.333. The highest BCUT2D eigenvalue weighted by Gasteiger charge is 2.27. The Hall–Kier alpha value is -4.75. The first-order chi connectivity index (χ1) is 21.0. The number of morpholine rings is 1. The molecule has 0 aliphatic carbocycles. The van der Waals surface area contributed by atoms with E-state index in [1.807, 2.05) is 48.5 Å². The summed E-state index contributed by atoms with van der Waals surface area (Å²) in [7, 11) is 1.26. The Kier molecular flexibility index (Phi) is 8.97. The highest BCUT2D eigenvalue weighted by atomic mass is 35.5. The van der Waals surface area contributed by atoms with Gasteiger partial charge in [-0.05, 0) is 68.3 Å². The van der Waals surface area contributed by atoms with Crippen molar-refractivity contribution in [3.63, 3.8) is 0 Å². The van der Waals surface area contributed by atoms with Gasteiger partial charge in [0.15, 0.2) is 0 Å². The number of rotatable bonds is 8. The van der Waals surface area contributed by atoms with Gasteiger partial charge >= 0.3 is 12.1 Å². The molecule has 2 aromatic carbocycles. The smallest absolute Gasteiger partial charge is 0.408 e. The number of hydrogen-bond acceptors (Lipinski definition) is 10. The largest absolute Gasteiger partial charge is 0.467 e. The van der Waals surface area contributed by atoms with Crippen molar-refractivity contribution in [1.29, 1.82) is 0 Å². The van der Waals surface area contributed by atoms with Gasteiger partial charge < -0.3 is 29.7 Å². The van der Waals surface area contributed by atoms with Gasteiger partial charge in [0, 0.05) is 35.9 Å². The number of anilines is 3. The van der Waals surface area contributed by atoms with Crippen molar-refractivity contribution in [2.24, 2.45) is 0 Å². The Morgan fingerprint density at radius 3 is 2.55 bits per heavy atom. The normalized spacial score (nSPS) is 14.3. The summed E-state index contributed by atoms with van der Waals surface area (Å²) >= 11 is 6.33. The van der Waals surface area contributed by atoms with Crippen LogP contribution in [0.1, 0.15) is 26.3 Å². The van der Waals surface area contributed by atoms with Crippen LogP contribution >= 0.6 is 11.6 Å². The summed E-state index contributed by atoms with van der Waals surface area (Å²) in [4.78, 5) is 52.1. The number of hydrogen-bond donors (Lipinski definition) is 2. The average molecular weight is 622 g/mol. The highest BCUT2D eigenvalue weighted by molar-refractivity contribution is 6.28. The third kappa shape index (κ3) is 7.24. The molecule has 1 atom stereocenters. The Labute approximate surface area is 258 Å². The van der Waals surface area contributed by atoms with E-state index in [9.17, 15) is 14.4 Å². The molecule has 1 saturated heterocycles. The molecule has 3 heterocycles. The van der Waals surface area contributed by atoms with Gasteiger partial charge in [-0.2, -0.15) is 15.0 Å². The molecule has 0 saturated carbocycles. The lowest BCUT2D eigenvalue weighted by molar-refractivity contribution is -0.143. The molecule has 2 N–H and O–H groups in total. The molecule has 0 unspecified atom stereocenters. The maximum Gasteiger partial charge on any atom is 0.408 e. The van der Waals surface area contributed by atoms with Crippen LogP contribution < -0.4 is 15.5 Å². The van der Waals surface area contributed by atoms with Crippen LogP contribution in [0.25, 0.3) is 16.9 Å². The second kappa shape index (κ2) is 12.9. The molecule has 230 valence electrons. The monoisotopic (exact) mass is 621 g/mol. The SMILES string of the molecule is COC(=O)[C@H](Cc1cn(-c2nc(Cl)nc(Nc3ccc(N4CCOCC4=O)cc3)n2)c2ccccc12)NC(=O)OC(C)(C)C. The number of fused-ring (bicyclic) bond motifs is 1. The van der Waals surface area contributed by atoms with E-state index in [0.717, 1.165) is 22.2 Å². The van der Waals surface area contributed by atoms with Crippen molar-refractivity contribution in [2.75, 3.05) is 37.1 Å². The Balaban J connectivity index is 1.41. The predicted molar refractivity (Wildman–Crippen MR) is 163 cm³/mol. The number of esters is 1. The number of ether oxygens (including phenoxy) is 3. The number of carbonyl (C=O) groups excluding carboxylic acids is 3. The van der Waals surface area contributed by atoms with Gasteiger partial charge in [-0.25, -0.2) is 9.59 Å². The number of para-hydroxylation sites is 1. The molecule has 4 aromatic rings. The Morgan fingerprint density at radius 2 is 1.84 bits per heavy atom. The van der Waals surface area contributed by atoms with Gasteiger partial charge in [-0.15, -0.1) is 0 Å². The molecule has 44 heavy (non-hydrogen) atoms. The fourth-order valence-electron chi connectivity index (χ4n) is 4.73. The van der Waals surface area contributed by atoms with E-state index < -0.39 is 23.7 Å². The molecule has 1 aliphatic rings. The summed E-state index contributed by atoms with van der Waals surface area (Å²) in [6, 6.07) is 13.8. The van der Waals surface area contributed by atoms with E-state index >= 15 is 0 Å². The van der Waals surface area contributed by atoms with Crippen LogP contribution in [-0.4, -0.2) is 76.0 Å².